The summed E-state index contributed by atoms with van der Waals surface area (Å²) in [6.45, 7) is 1.71. The first kappa shape index (κ1) is 24.7. The average molecular weight is 495 g/mol. The molecule has 1 aliphatic heterocycles. The molecule has 0 bridgehead atoms. The second-order valence-corrected chi connectivity index (χ2v) is 9.00. The largest absolute Gasteiger partial charge is 0.497 e. The molecular weight excluding hydrogens is 468 g/mol. The van der Waals surface area contributed by atoms with Gasteiger partial charge < -0.3 is 25.2 Å². The van der Waals surface area contributed by atoms with Gasteiger partial charge in [0.05, 0.1) is 30.0 Å². The van der Waals surface area contributed by atoms with Gasteiger partial charge in [-0.3, -0.25) is 9.59 Å². The number of aryl methyl sites for hydroxylation is 1. The van der Waals surface area contributed by atoms with Gasteiger partial charge in [-0.25, -0.2) is 0 Å². The number of benzene rings is 3. The van der Waals surface area contributed by atoms with E-state index < -0.39 is 12.2 Å². The number of hydrogen-bond donors (Lipinski definition) is 3. The number of rotatable bonds is 5. The van der Waals surface area contributed by atoms with E-state index in [9.17, 15) is 19.8 Å². The van der Waals surface area contributed by atoms with E-state index in [1.54, 1.807) is 53.4 Å². The van der Waals surface area contributed by atoms with Crippen LogP contribution in [0.15, 0.2) is 60.7 Å². The van der Waals surface area contributed by atoms with Crippen molar-refractivity contribution in [2.24, 2.45) is 0 Å². The fourth-order valence-electron chi connectivity index (χ4n) is 4.35. The molecule has 1 aliphatic rings. The van der Waals surface area contributed by atoms with E-state index in [2.05, 4.69) is 5.32 Å². The lowest BCUT2D eigenvalue weighted by atomic mass is 9.89. The summed E-state index contributed by atoms with van der Waals surface area (Å²) >= 11 is 6.49. The van der Waals surface area contributed by atoms with Gasteiger partial charge in [-0.15, -0.1) is 0 Å². The highest BCUT2D eigenvalue weighted by Gasteiger charge is 2.37. The molecule has 182 valence electrons. The summed E-state index contributed by atoms with van der Waals surface area (Å²) in [5.41, 5.74) is 1.54. The smallest absolute Gasteiger partial charge is 0.259 e. The van der Waals surface area contributed by atoms with E-state index in [4.69, 9.17) is 16.3 Å². The zero-order chi connectivity index (χ0) is 25.2. The number of methoxy groups -OCH3 is 1. The quantitative estimate of drug-likeness (QED) is 0.484. The molecule has 7 nitrogen and oxygen atoms in total. The monoisotopic (exact) mass is 494 g/mol. The van der Waals surface area contributed by atoms with Crippen molar-refractivity contribution < 1.29 is 24.5 Å². The molecule has 3 aromatic rings. The summed E-state index contributed by atoms with van der Waals surface area (Å²) in [5, 5.41) is 24.0. The van der Waals surface area contributed by atoms with Crippen molar-refractivity contribution in [1.29, 1.82) is 0 Å². The van der Waals surface area contributed by atoms with Crippen molar-refractivity contribution >= 4 is 34.8 Å². The minimum absolute atomic E-state index is 0.189. The number of aliphatic hydroxyl groups excluding tert-OH is 1. The molecule has 35 heavy (non-hydrogen) atoms. The Morgan fingerprint density at radius 3 is 2.57 bits per heavy atom. The zero-order valence-electron chi connectivity index (χ0n) is 19.5. The Morgan fingerprint density at radius 1 is 1.11 bits per heavy atom. The molecule has 3 aromatic carbocycles. The Balaban J connectivity index is 1.63. The van der Waals surface area contributed by atoms with E-state index in [1.807, 2.05) is 19.1 Å². The standard InChI is InChI=1S/C27H27ClN2O5/c1-17-6-3-4-7-20(17)25(32)29-18-8-10-21(23(28)14-18)26(33)30-13-5-12-27(34,16-31)22-15-19(35-2)9-11-24(22)30/h3-4,6-11,14-15,31,34H,5,12-13,16H2,1-2H3,(H,29,32). The molecule has 2 amide bonds. The average Bonchev–Trinajstić information content (AvgIpc) is 3.00. The summed E-state index contributed by atoms with van der Waals surface area (Å²) in [4.78, 5) is 27.8. The Labute approximate surface area is 208 Å². The van der Waals surface area contributed by atoms with E-state index >= 15 is 0 Å². The minimum Gasteiger partial charge on any atom is -0.497 e. The van der Waals surface area contributed by atoms with Crippen LogP contribution in [0.4, 0.5) is 11.4 Å². The topological polar surface area (TPSA) is 99.1 Å². The van der Waals surface area contributed by atoms with Crippen molar-refractivity contribution in [3.05, 3.63) is 87.9 Å². The highest BCUT2D eigenvalue weighted by atomic mass is 35.5. The fraction of sp³-hybridized carbons (Fsp3) is 0.259. The van der Waals surface area contributed by atoms with E-state index in [-0.39, 0.29) is 28.8 Å². The van der Waals surface area contributed by atoms with Crippen molar-refractivity contribution in [2.75, 3.05) is 30.5 Å². The van der Waals surface area contributed by atoms with Crippen molar-refractivity contribution in [3.63, 3.8) is 0 Å². The van der Waals surface area contributed by atoms with Gasteiger partial charge in [0, 0.05) is 23.4 Å². The number of carbonyl (C=O) groups is 2. The lowest BCUT2D eigenvalue weighted by molar-refractivity contribution is -0.0252. The molecule has 1 unspecified atom stereocenters. The molecule has 4 rings (SSSR count). The van der Waals surface area contributed by atoms with Crippen LogP contribution < -0.4 is 15.0 Å². The maximum atomic E-state index is 13.6. The molecule has 0 saturated carbocycles. The molecule has 0 aromatic heterocycles. The third kappa shape index (κ3) is 4.89. The summed E-state index contributed by atoms with van der Waals surface area (Å²) in [5.74, 6) is -0.103. The number of amides is 2. The van der Waals surface area contributed by atoms with E-state index in [0.717, 1.165) is 5.56 Å². The fourth-order valence-corrected chi connectivity index (χ4v) is 4.61. The van der Waals surface area contributed by atoms with Crippen LogP contribution in [0.3, 0.4) is 0 Å². The predicted octanol–water partition coefficient (Wildman–Crippen LogP) is 4.53. The Morgan fingerprint density at radius 2 is 1.89 bits per heavy atom. The van der Waals surface area contributed by atoms with Gasteiger partial charge in [-0.2, -0.15) is 0 Å². The highest BCUT2D eigenvalue weighted by molar-refractivity contribution is 6.35. The molecule has 0 spiro atoms. The first-order valence-electron chi connectivity index (χ1n) is 11.3. The van der Waals surface area contributed by atoms with Crippen LogP contribution >= 0.6 is 11.6 Å². The Hall–Kier alpha value is -3.39. The summed E-state index contributed by atoms with van der Waals surface area (Å²) in [7, 11) is 1.51. The van der Waals surface area contributed by atoms with Gasteiger partial charge in [-0.1, -0.05) is 29.8 Å². The van der Waals surface area contributed by atoms with Crippen LogP contribution in [0.25, 0.3) is 0 Å². The third-order valence-corrected chi connectivity index (χ3v) is 6.63. The lowest BCUT2D eigenvalue weighted by Crippen LogP contribution is -2.33. The van der Waals surface area contributed by atoms with Crippen LogP contribution in [0.2, 0.25) is 5.02 Å². The number of halogens is 1. The molecule has 0 aliphatic carbocycles. The van der Waals surface area contributed by atoms with Crippen LogP contribution in [0, 0.1) is 6.92 Å². The summed E-state index contributed by atoms with van der Waals surface area (Å²) < 4.78 is 5.29. The molecule has 1 atom stereocenters. The molecule has 3 N–H and O–H groups in total. The van der Waals surface area contributed by atoms with Gasteiger partial charge in [0.15, 0.2) is 0 Å². The lowest BCUT2D eigenvalue weighted by Gasteiger charge is -2.28. The van der Waals surface area contributed by atoms with Crippen LogP contribution in [-0.4, -0.2) is 42.3 Å². The van der Waals surface area contributed by atoms with Crippen molar-refractivity contribution in [2.45, 2.75) is 25.4 Å². The third-order valence-electron chi connectivity index (χ3n) is 6.32. The molecule has 0 radical (unpaired) electrons. The SMILES string of the molecule is COc1ccc2c(c1)C(O)(CO)CCCN2C(=O)c1ccc(NC(=O)c2ccccc2C)cc1Cl. The van der Waals surface area contributed by atoms with E-state index in [0.29, 0.717) is 41.2 Å². The van der Waals surface area contributed by atoms with Gasteiger partial charge in [-0.05, 0) is 67.8 Å². The number of anilines is 2. The maximum absolute atomic E-state index is 13.6. The second kappa shape index (κ2) is 10.1. The molecule has 0 saturated heterocycles. The Bertz CT molecular complexity index is 1280. The minimum atomic E-state index is -1.49. The molecule has 1 heterocycles. The summed E-state index contributed by atoms with van der Waals surface area (Å²) in [6, 6.07) is 17.0. The number of nitrogens with zero attached hydrogens (tertiary/aromatic N) is 1. The second-order valence-electron chi connectivity index (χ2n) is 8.60. The number of fused-ring (bicyclic) bond motifs is 1. The van der Waals surface area contributed by atoms with Crippen molar-refractivity contribution in [1.82, 2.24) is 0 Å². The first-order chi connectivity index (χ1) is 16.8. The molecule has 8 heteroatoms. The first-order valence-corrected chi connectivity index (χ1v) is 11.7. The summed E-state index contributed by atoms with van der Waals surface area (Å²) in [6.07, 6.45) is 0.757. The number of aliphatic hydroxyl groups is 2. The number of carbonyl (C=O) groups excluding carboxylic acids is 2. The maximum Gasteiger partial charge on any atom is 0.259 e. The normalized spacial score (nSPS) is 17.3. The number of ether oxygens (including phenoxy) is 1. The van der Waals surface area contributed by atoms with Gasteiger partial charge >= 0.3 is 0 Å². The van der Waals surface area contributed by atoms with Gasteiger partial charge in [0.1, 0.15) is 11.4 Å². The zero-order valence-corrected chi connectivity index (χ0v) is 20.3. The van der Waals surface area contributed by atoms with Gasteiger partial charge in [0.25, 0.3) is 11.8 Å². The highest BCUT2D eigenvalue weighted by Crippen LogP contribution is 2.40. The molecule has 0 fully saturated rings. The predicted molar refractivity (Wildman–Crippen MR) is 135 cm³/mol. The number of nitrogens with one attached hydrogen (secondary N) is 1. The van der Waals surface area contributed by atoms with Crippen LogP contribution in [0.1, 0.15) is 44.7 Å². The van der Waals surface area contributed by atoms with E-state index in [1.165, 1.54) is 7.11 Å². The van der Waals surface area contributed by atoms with Crippen LogP contribution in [0.5, 0.6) is 5.75 Å². The Kier molecular flexibility index (Phi) is 7.12. The van der Waals surface area contributed by atoms with Gasteiger partial charge in [0.2, 0.25) is 0 Å². The molecular formula is C27H27ClN2O5. The van der Waals surface area contributed by atoms with Crippen molar-refractivity contribution in [3.8, 4) is 5.75 Å². The number of hydrogen-bond acceptors (Lipinski definition) is 5. The van der Waals surface area contributed by atoms with Crippen LogP contribution in [-0.2, 0) is 5.60 Å².